The van der Waals surface area contributed by atoms with Gasteiger partial charge in [-0.3, -0.25) is 19.3 Å². The SMILES string of the molecule is Cc1ccc(C)c(C(C)NC(=O)C(C)N2C(=O)c3ccccc3C2=O)c1. The van der Waals surface area contributed by atoms with Gasteiger partial charge in [-0.05, 0) is 51.0 Å². The van der Waals surface area contributed by atoms with E-state index in [1.54, 1.807) is 31.2 Å². The van der Waals surface area contributed by atoms with Crippen LogP contribution in [-0.2, 0) is 4.79 Å². The fourth-order valence-electron chi connectivity index (χ4n) is 3.32. The smallest absolute Gasteiger partial charge is 0.262 e. The summed E-state index contributed by atoms with van der Waals surface area (Å²) in [7, 11) is 0. The van der Waals surface area contributed by atoms with E-state index in [-0.39, 0.29) is 11.9 Å². The zero-order valence-corrected chi connectivity index (χ0v) is 15.4. The van der Waals surface area contributed by atoms with Gasteiger partial charge >= 0.3 is 0 Å². The molecular weight excluding hydrogens is 328 g/mol. The molecule has 134 valence electrons. The number of nitrogens with zero attached hydrogens (tertiary/aromatic N) is 1. The maximum atomic E-state index is 12.7. The van der Waals surface area contributed by atoms with E-state index < -0.39 is 17.9 Å². The van der Waals surface area contributed by atoms with E-state index in [1.807, 2.05) is 39.0 Å². The number of amides is 3. The molecule has 0 saturated heterocycles. The lowest BCUT2D eigenvalue weighted by Gasteiger charge is -2.24. The summed E-state index contributed by atoms with van der Waals surface area (Å²) in [6.45, 7) is 7.46. The van der Waals surface area contributed by atoms with Crippen LogP contribution in [0.5, 0.6) is 0 Å². The van der Waals surface area contributed by atoms with E-state index in [0.717, 1.165) is 21.6 Å². The summed E-state index contributed by atoms with van der Waals surface area (Å²) in [5, 5.41) is 2.92. The van der Waals surface area contributed by atoms with Gasteiger partial charge in [0.2, 0.25) is 5.91 Å². The summed E-state index contributed by atoms with van der Waals surface area (Å²) in [6, 6.07) is 11.6. The van der Waals surface area contributed by atoms with Crippen molar-refractivity contribution < 1.29 is 14.4 Å². The Morgan fingerprint density at radius 2 is 1.54 bits per heavy atom. The van der Waals surface area contributed by atoms with Gasteiger partial charge in [-0.2, -0.15) is 0 Å². The first-order valence-corrected chi connectivity index (χ1v) is 8.65. The molecule has 5 heteroatoms. The van der Waals surface area contributed by atoms with Crippen molar-refractivity contribution in [1.29, 1.82) is 0 Å². The van der Waals surface area contributed by atoms with Gasteiger partial charge in [-0.15, -0.1) is 0 Å². The minimum Gasteiger partial charge on any atom is -0.348 e. The summed E-state index contributed by atoms with van der Waals surface area (Å²) in [6.07, 6.45) is 0. The van der Waals surface area contributed by atoms with Crippen molar-refractivity contribution in [2.75, 3.05) is 0 Å². The van der Waals surface area contributed by atoms with Crippen LogP contribution in [0.3, 0.4) is 0 Å². The molecule has 1 aliphatic heterocycles. The third kappa shape index (κ3) is 3.01. The predicted molar refractivity (Wildman–Crippen MR) is 98.9 cm³/mol. The number of imide groups is 1. The van der Waals surface area contributed by atoms with Gasteiger partial charge in [-0.25, -0.2) is 0 Å². The highest BCUT2D eigenvalue weighted by molar-refractivity contribution is 6.22. The second-order valence-corrected chi connectivity index (χ2v) is 6.79. The average Bonchev–Trinajstić information content (AvgIpc) is 2.87. The van der Waals surface area contributed by atoms with Gasteiger partial charge < -0.3 is 5.32 Å². The maximum Gasteiger partial charge on any atom is 0.262 e. The third-order valence-electron chi connectivity index (χ3n) is 4.85. The summed E-state index contributed by atoms with van der Waals surface area (Å²) >= 11 is 0. The molecule has 5 nitrogen and oxygen atoms in total. The topological polar surface area (TPSA) is 66.5 Å². The first kappa shape index (κ1) is 17.9. The fourth-order valence-corrected chi connectivity index (χ4v) is 3.32. The second kappa shape index (κ2) is 6.75. The average molecular weight is 350 g/mol. The standard InChI is InChI=1S/C21H22N2O3/c1-12-9-10-13(2)18(11-12)14(3)22-19(24)15(4)23-20(25)16-7-5-6-8-17(16)21(23)26/h5-11,14-15H,1-4H3,(H,22,24). The number of carbonyl (C=O) groups is 3. The number of aryl methyl sites for hydroxylation is 2. The minimum absolute atomic E-state index is 0.222. The van der Waals surface area contributed by atoms with Crippen LogP contribution in [0, 0.1) is 13.8 Å². The Morgan fingerprint density at radius 3 is 2.12 bits per heavy atom. The quantitative estimate of drug-likeness (QED) is 0.862. The summed E-state index contributed by atoms with van der Waals surface area (Å²) < 4.78 is 0. The molecule has 2 atom stereocenters. The zero-order chi connectivity index (χ0) is 19.0. The van der Waals surface area contributed by atoms with Gasteiger partial charge in [-0.1, -0.05) is 35.9 Å². The van der Waals surface area contributed by atoms with Gasteiger partial charge in [0.05, 0.1) is 17.2 Å². The van der Waals surface area contributed by atoms with Crippen LogP contribution in [0.4, 0.5) is 0 Å². The number of fused-ring (bicyclic) bond motifs is 1. The Morgan fingerprint density at radius 1 is 0.962 bits per heavy atom. The van der Waals surface area contributed by atoms with E-state index in [1.165, 1.54) is 0 Å². The van der Waals surface area contributed by atoms with Crippen molar-refractivity contribution >= 4 is 17.7 Å². The minimum atomic E-state index is -0.880. The van der Waals surface area contributed by atoms with E-state index in [2.05, 4.69) is 5.32 Å². The molecule has 2 aromatic rings. The molecule has 1 heterocycles. The van der Waals surface area contributed by atoms with Crippen LogP contribution in [0.15, 0.2) is 42.5 Å². The molecule has 3 rings (SSSR count). The lowest BCUT2D eigenvalue weighted by molar-refractivity contribution is -0.125. The Balaban J connectivity index is 1.78. The molecule has 3 amide bonds. The molecule has 0 aromatic heterocycles. The third-order valence-corrected chi connectivity index (χ3v) is 4.85. The second-order valence-electron chi connectivity index (χ2n) is 6.79. The largest absolute Gasteiger partial charge is 0.348 e. The lowest BCUT2D eigenvalue weighted by Crippen LogP contribution is -2.48. The molecule has 2 aromatic carbocycles. The number of nitrogens with one attached hydrogen (secondary N) is 1. The Hall–Kier alpha value is -2.95. The number of benzene rings is 2. The molecule has 0 spiro atoms. The van der Waals surface area contributed by atoms with Gasteiger partial charge in [0.15, 0.2) is 0 Å². The van der Waals surface area contributed by atoms with Crippen LogP contribution in [0.25, 0.3) is 0 Å². The molecule has 1 aliphatic rings. The maximum absolute atomic E-state index is 12.7. The van der Waals surface area contributed by atoms with Crippen LogP contribution in [-0.4, -0.2) is 28.7 Å². The molecule has 1 N–H and O–H groups in total. The summed E-state index contributed by atoms with van der Waals surface area (Å²) in [4.78, 5) is 38.8. The van der Waals surface area contributed by atoms with Crippen molar-refractivity contribution in [2.45, 2.75) is 39.8 Å². The molecule has 0 saturated carbocycles. The Kier molecular flexibility index (Phi) is 4.64. The predicted octanol–water partition coefficient (Wildman–Crippen LogP) is 3.17. The van der Waals surface area contributed by atoms with Crippen LogP contribution in [0.2, 0.25) is 0 Å². The van der Waals surface area contributed by atoms with E-state index in [4.69, 9.17) is 0 Å². The van der Waals surface area contributed by atoms with E-state index in [9.17, 15) is 14.4 Å². The van der Waals surface area contributed by atoms with Crippen LogP contribution >= 0.6 is 0 Å². The molecule has 0 aliphatic carbocycles. The summed E-state index contributed by atoms with van der Waals surface area (Å²) in [5.41, 5.74) is 3.91. The van der Waals surface area contributed by atoms with Crippen molar-refractivity contribution in [3.8, 4) is 0 Å². The first-order valence-electron chi connectivity index (χ1n) is 8.65. The number of rotatable bonds is 4. The van der Waals surface area contributed by atoms with Crippen molar-refractivity contribution in [3.05, 3.63) is 70.3 Å². The van der Waals surface area contributed by atoms with Gasteiger partial charge in [0, 0.05) is 0 Å². The normalized spacial score (nSPS) is 15.6. The van der Waals surface area contributed by atoms with Crippen LogP contribution < -0.4 is 5.32 Å². The number of carbonyl (C=O) groups excluding carboxylic acids is 3. The Labute approximate surface area is 153 Å². The van der Waals surface area contributed by atoms with E-state index in [0.29, 0.717) is 11.1 Å². The van der Waals surface area contributed by atoms with E-state index >= 15 is 0 Å². The van der Waals surface area contributed by atoms with Crippen molar-refractivity contribution in [2.24, 2.45) is 0 Å². The molecular formula is C21H22N2O3. The van der Waals surface area contributed by atoms with Crippen molar-refractivity contribution in [1.82, 2.24) is 10.2 Å². The number of hydrogen-bond donors (Lipinski definition) is 1. The lowest BCUT2D eigenvalue weighted by atomic mass is 10.00. The monoisotopic (exact) mass is 350 g/mol. The molecule has 2 unspecified atom stereocenters. The fraction of sp³-hybridized carbons (Fsp3) is 0.286. The molecule has 0 bridgehead atoms. The van der Waals surface area contributed by atoms with Gasteiger partial charge in [0.25, 0.3) is 11.8 Å². The molecule has 0 radical (unpaired) electrons. The summed E-state index contributed by atoms with van der Waals surface area (Å²) in [5.74, 6) is -1.20. The number of hydrogen-bond acceptors (Lipinski definition) is 3. The van der Waals surface area contributed by atoms with Gasteiger partial charge in [0.1, 0.15) is 6.04 Å². The highest BCUT2D eigenvalue weighted by Gasteiger charge is 2.40. The van der Waals surface area contributed by atoms with Crippen molar-refractivity contribution in [3.63, 3.8) is 0 Å². The highest BCUT2D eigenvalue weighted by atomic mass is 16.2. The molecule has 0 fully saturated rings. The Bertz CT molecular complexity index is 869. The first-order chi connectivity index (χ1) is 12.3. The highest BCUT2D eigenvalue weighted by Crippen LogP contribution is 2.25. The molecule has 26 heavy (non-hydrogen) atoms. The van der Waals surface area contributed by atoms with Crippen LogP contribution in [0.1, 0.15) is 57.3 Å². The zero-order valence-electron chi connectivity index (χ0n) is 15.4.